The van der Waals surface area contributed by atoms with Gasteiger partial charge in [0, 0.05) is 31.9 Å². The summed E-state index contributed by atoms with van der Waals surface area (Å²) in [5, 5.41) is 21.3. The fraction of sp³-hybridized carbons (Fsp3) is 0.438. The molecule has 0 radical (unpaired) electrons. The second-order valence-corrected chi connectivity index (χ2v) is 6.10. The Morgan fingerprint density at radius 2 is 1.85 bits per heavy atom. The normalized spacial score (nSPS) is 14.1. The number of benzene rings is 1. The molecule has 1 fully saturated rings. The van der Waals surface area contributed by atoms with Crippen molar-refractivity contribution >= 4 is 40.1 Å². The van der Waals surface area contributed by atoms with Crippen LogP contribution in [-0.2, 0) is 14.4 Å². The number of unbranched alkanes of at least 4 members (excludes halogenated alkanes) is 2. The third kappa shape index (κ3) is 3.91. The first-order chi connectivity index (χ1) is 13.0. The molecule has 0 aliphatic carbocycles. The van der Waals surface area contributed by atoms with Gasteiger partial charge in [-0.2, -0.15) is 0 Å². The second kappa shape index (κ2) is 7.89. The molecule has 1 N–H and O–H groups in total. The molecular weight excluding hydrogens is 358 g/mol. The van der Waals surface area contributed by atoms with Crippen molar-refractivity contribution in [2.24, 2.45) is 0 Å². The highest BCUT2D eigenvalue weighted by molar-refractivity contribution is 6.14. The van der Waals surface area contributed by atoms with E-state index in [1.807, 2.05) is 0 Å². The lowest BCUT2D eigenvalue weighted by atomic mass is 10.1. The molecule has 2 heterocycles. The number of carbonyl (C=O) groups is 3. The molecule has 142 valence electrons. The lowest BCUT2D eigenvalue weighted by Crippen LogP contribution is -2.35. The molecule has 3 rings (SSSR count). The van der Waals surface area contributed by atoms with Gasteiger partial charge in [0.05, 0.1) is 10.6 Å². The Hall–Kier alpha value is -3.37. The molecule has 0 bridgehead atoms. The molecule has 0 atom stereocenters. The Bertz CT molecular complexity index is 892. The molecule has 1 aliphatic heterocycles. The zero-order valence-corrected chi connectivity index (χ0v) is 14.3. The van der Waals surface area contributed by atoms with Crippen molar-refractivity contribution in [3.05, 3.63) is 22.2 Å². The Balaban J connectivity index is 1.44. The van der Waals surface area contributed by atoms with Gasteiger partial charge in [0.1, 0.15) is 0 Å². The van der Waals surface area contributed by atoms with E-state index in [9.17, 15) is 24.5 Å². The predicted octanol–water partition coefficient (Wildman–Crippen LogP) is 1.78. The van der Waals surface area contributed by atoms with Crippen LogP contribution in [0.25, 0.3) is 11.0 Å². The molecule has 0 unspecified atom stereocenters. The van der Waals surface area contributed by atoms with Crippen molar-refractivity contribution in [3.63, 3.8) is 0 Å². The van der Waals surface area contributed by atoms with Crippen LogP contribution in [-0.4, -0.2) is 44.4 Å². The van der Waals surface area contributed by atoms with Crippen LogP contribution in [0.4, 0.5) is 11.4 Å². The van der Waals surface area contributed by atoms with E-state index in [0.29, 0.717) is 25.1 Å². The summed E-state index contributed by atoms with van der Waals surface area (Å²) in [5.74, 6) is -1.29. The number of anilines is 1. The van der Waals surface area contributed by atoms with E-state index in [2.05, 4.69) is 20.3 Å². The van der Waals surface area contributed by atoms with Crippen molar-refractivity contribution in [2.75, 3.05) is 11.9 Å². The third-order valence-corrected chi connectivity index (χ3v) is 4.27. The van der Waals surface area contributed by atoms with Crippen LogP contribution in [0.1, 0.15) is 38.5 Å². The van der Waals surface area contributed by atoms with Crippen molar-refractivity contribution in [1.82, 2.24) is 15.2 Å². The van der Waals surface area contributed by atoms with E-state index in [4.69, 9.17) is 0 Å². The number of non-ortho nitro benzene ring substituents is 1. The van der Waals surface area contributed by atoms with E-state index in [-0.39, 0.29) is 36.0 Å². The van der Waals surface area contributed by atoms with Gasteiger partial charge < -0.3 is 5.32 Å². The summed E-state index contributed by atoms with van der Waals surface area (Å²) >= 11 is 0. The van der Waals surface area contributed by atoms with Crippen molar-refractivity contribution in [1.29, 1.82) is 0 Å². The molecule has 1 aliphatic rings. The van der Waals surface area contributed by atoms with Crippen LogP contribution in [0.2, 0.25) is 0 Å². The first-order valence-electron chi connectivity index (χ1n) is 8.51. The van der Waals surface area contributed by atoms with Gasteiger partial charge in [0.15, 0.2) is 5.52 Å². The SMILES string of the molecule is O=C(CCCCCNc1ccc([N+](=O)[O-])c2nonc12)N1C(=O)CCC1=O. The fourth-order valence-electron chi connectivity index (χ4n) is 2.91. The van der Waals surface area contributed by atoms with E-state index < -0.39 is 22.6 Å². The van der Waals surface area contributed by atoms with Gasteiger partial charge in [-0.1, -0.05) is 6.42 Å². The van der Waals surface area contributed by atoms with Crippen molar-refractivity contribution in [2.45, 2.75) is 38.5 Å². The summed E-state index contributed by atoms with van der Waals surface area (Å²) in [6, 6.07) is 2.87. The summed E-state index contributed by atoms with van der Waals surface area (Å²) in [6.07, 6.45) is 2.34. The minimum atomic E-state index is -0.552. The van der Waals surface area contributed by atoms with Crippen LogP contribution in [0.3, 0.4) is 0 Å². The average Bonchev–Trinajstić information content (AvgIpc) is 3.24. The quantitative estimate of drug-likeness (QED) is 0.315. The number of aromatic nitrogens is 2. The summed E-state index contributed by atoms with van der Waals surface area (Å²) in [5.41, 5.74) is 0.753. The van der Waals surface area contributed by atoms with E-state index in [1.165, 1.54) is 6.07 Å². The number of nitrogens with one attached hydrogen (secondary N) is 1. The Labute approximate surface area is 152 Å². The number of imide groups is 3. The van der Waals surface area contributed by atoms with Gasteiger partial charge >= 0.3 is 5.69 Å². The zero-order chi connectivity index (χ0) is 19.4. The van der Waals surface area contributed by atoms with E-state index in [1.54, 1.807) is 6.07 Å². The maximum absolute atomic E-state index is 11.9. The van der Waals surface area contributed by atoms with Crippen LogP contribution >= 0.6 is 0 Å². The van der Waals surface area contributed by atoms with Gasteiger partial charge in [0.2, 0.25) is 23.2 Å². The van der Waals surface area contributed by atoms with Gasteiger partial charge in [0.25, 0.3) is 0 Å². The maximum Gasteiger partial charge on any atom is 0.300 e. The van der Waals surface area contributed by atoms with Crippen LogP contribution < -0.4 is 5.32 Å². The minimum Gasteiger partial charge on any atom is -0.383 e. The monoisotopic (exact) mass is 375 g/mol. The number of amides is 3. The lowest BCUT2D eigenvalue weighted by molar-refractivity contribution is -0.383. The molecule has 0 saturated carbocycles. The number of carbonyl (C=O) groups excluding carboxylic acids is 3. The number of nitro groups is 1. The summed E-state index contributed by atoms with van der Waals surface area (Å²) in [4.78, 5) is 46.0. The third-order valence-electron chi connectivity index (χ3n) is 4.27. The van der Waals surface area contributed by atoms with Crippen molar-refractivity contribution < 1.29 is 23.9 Å². The van der Waals surface area contributed by atoms with Crippen LogP contribution in [0.15, 0.2) is 16.8 Å². The Kier molecular flexibility index (Phi) is 5.38. The highest BCUT2D eigenvalue weighted by atomic mass is 16.6. The van der Waals surface area contributed by atoms with Gasteiger partial charge in [-0.15, -0.1) is 0 Å². The summed E-state index contributed by atoms with van der Waals surface area (Å²) < 4.78 is 4.59. The number of rotatable bonds is 8. The first kappa shape index (κ1) is 18.4. The lowest BCUT2D eigenvalue weighted by Gasteiger charge is -2.11. The first-order valence-corrected chi connectivity index (χ1v) is 8.51. The Morgan fingerprint density at radius 1 is 1.15 bits per heavy atom. The molecule has 1 aromatic carbocycles. The summed E-state index contributed by atoms with van der Waals surface area (Å²) in [6.45, 7) is 0.551. The number of hydrogen-bond donors (Lipinski definition) is 1. The van der Waals surface area contributed by atoms with Crippen molar-refractivity contribution in [3.8, 4) is 0 Å². The number of hydrogen-bond acceptors (Lipinski definition) is 9. The van der Waals surface area contributed by atoms with Gasteiger partial charge in [-0.3, -0.25) is 24.5 Å². The molecular formula is C16H17N5O6. The molecule has 1 saturated heterocycles. The summed E-state index contributed by atoms with van der Waals surface area (Å²) in [7, 11) is 0. The topological polar surface area (TPSA) is 149 Å². The second-order valence-electron chi connectivity index (χ2n) is 6.10. The van der Waals surface area contributed by atoms with Crippen LogP contribution in [0.5, 0.6) is 0 Å². The molecule has 11 nitrogen and oxygen atoms in total. The highest BCUT2D eigenvalue weighted by Gasteiger charge is 2.33. The van der Waals surface area contributed by atoms with E-state index >= 15 is 0 Å². The smallest absolute Gasteiger partial charge is 0.300 e. The maximum atomic E-state index is 11.9. The zero-order valence-electron chi connectivity index (χ0n) is 14.3. The highest BCUT2D eigenvalue weighted by Crippen LogP contribution is 2.28. The number of nitro benzene ring substituents is 1. The van der Waals surface area contributed by atoms with Crippen LogP contribution in [0, 0.1) is 10.1 Å². The average molecular weight is 375 g/mol. The molecule has 1 aromatic heterocycles. The molecule has 11 heteroatoms. The van der Waals surface area contributed by atoms with Gasteiger partial charge in [-0.25, -0.2) is 9.53 Å². The number of likely N-dealkylation sites (tertiary alicyclic amines) is 1. The Morgan fingerprint density at radius 3 is 2.56 bits per heavy atom. The standard InChI is InChI=1S/C16H17N5O6/c22-12(20-13(23)7-8-14(20)24)4-2-1-3-9-17-10-5-6-11(21(25)26)16-15(10)18-27-19-16/h5-6,17H,1-4,7-9H2. The number of fused-ring (bicyclic) bond motifs is 1. The minimum absolute atomic E-state index is 0.0792. The molecule has 27 heavy (non-hydrogen) atoms. The molecule has 2 aromatic rings. The molecule has 3 amide bonds. The van der Waals surface area contributed by atoms with E-state index in [0.717, 1.165) is 11.3 Å². The van der Waals surface area contributed by atoms with Gasteiger partial charge in [-0.05, 0) is 29.2 Å². The predicted molar refractivity (Wildman–Crippen MR) is 91.5 cm³/mol. The molecule has 0 spiro atoms. The number of nitrogens with zero attached hydrogens (tertiary/aromatic N) is 4. The fourth-order valence-corrected chi connectivity index (χ4v) is 2.91. The largest absolute Gasteiger partial charge is 0.383 e.